The molecule has 2 rings (SSSR count). The summed E-state index contributed by atoms with van der Waals surface area (Å²) < 4.78 is 13.2. The number of carbonyl (C=O) groups excluding carboxylic acids is 1. The molecule has 1 aliphatic rings. The first-order valence-corrected chi connectivity index (χ1v) is 6.92. The molecule has 0 spiro atoms. The van der Waals surface area contributed by atoms with Gasteiger partial charge in [0, 0.05) is 18.6 Å². The van der Waals surface area contributed by atoms with Gasteiger partial charge in [-0.1, -0.05) is 0 Å². The molecule has 2 atom stereocenters. The Hall–Kier alpha value is -2.02. The minimum atomic E-state index is -0.736. The molecule has 0 aromatic heterocycles. The number of carbonyl (C=O) groups is 1. The van der Waals surface area contributed by atoms with E-state index in [1.807, 2.05) is 6.92 Å². The molecule has 1 aromatic carbocycles. The van der Waals surface area contributed by atoms with Crippen LogP contribution in [0.4, 0.5) is 10.1 Å². The van der Waals surface area contributed by atoms with Gasteiger partial charge >= 0.3 is 0 Å². The van der Waals surface area contributed by atoms with Crippen molar-refractivity contribution in [2.45, 2.75) is 38.3 Å². The van der Waals surface area contributed by atoms with E-state index in [1.165, 1.54) is 6.07 Å². The molecule has 0 radical (unpaired) electrons. The van der Waals surface area contributed by atoms with Gasteiger partial charge in [0.2, 0.25) is 0 Å². The number of benzene rings is 1. The number of hydrogen-bond acceptors (Lipinski definition) is 4. The lowest BCUT2D eigenvalue weighted by Gasteiger charge is -2.40. The molecular weight excluding hydrogens is 277 g/mol. The lowest BCUT2D eigenvalue weighted by Crippen LogP contribution is -2.51. The largest absolute Gasteiger partial charge is 0.331 e. The molecule has 7 heteroatoms. The summed E-state index contributed by atoms with van der Waals surface area (Å²) in [6.07, 6.45) is 2.58. The average Bonchev–Trinajstić information content (AvgIpc) is 2.46. The van der Waals surface area contributed by atoms with Gasteiger partial charge in [-0.15, -0.1) is 0 Å². The maximum absolute atomic E-state index is 13.2. The van der Waals surface area contributed by atoms with E-state index in [0.717, 1.165) is 31.4 Å². The van der Waals surface area contributed by atoms with E-state index >= 15 is 0 Å². The SMILES string of the molecule is CC1CCCC(CN)N1C(=O)c1ccc(F)cc1[N+](=O)[O-]. The third-order valence-corrected chi connectivity index (χ3v) is 3.92. The minimum absolute atomic E-state index is 0.0375. The molecule has 2 unspecified atom stereocenters. The second-order valence-electron chi connectivity index (χ2n) is 5.30. The number of hydrogen-bond donors (Lipinski definition) is 1. The van der Waals surface area contributed by atoms with Crippen molar-refractivity contribution < 1.29 is 14.1 Å². The number of rotatable bonds is 3. The minimum Gasteiger partial charge on any atom is -0.331 e. The average molecular weight is 295 g/mol. The van der Waals surface area contributed by atoms with Gasteiger partial charge in [0.15, 0.2) is 0 Å². The molecule has 1 aliphatic heterocycles. The second kappa shape index (κ2) is 6.17. The molecule has 1 saturated heterocycles. The summed E-state index contributed by atoms with van der Waals surface area (Å²) in [6.45, 7) is 2.21. The van der Waals surface area contributed by atoms with Crippen LogP contribution >= 0.6 is 0 Å². The van der Waals surface area contributed by atoms with E-state index in [9.17, 15) is 19.3 Å². The van der Waals surface area contributed by atoms with Gasteiger partial charge in [0.1, 0.15) is 11.4 Å². The molecule has 1 fully saturated rings. The van der Waals surface area contributed by atoms with Gasteiger partial charge in [-0.2, -0.15) is 0 Å². The Morgan fingerprint density at radius 1 is 1.52 bits per heavy atom. The molecule has 114 valence electrons. The van der Waals surface area contributed by atoms with Gasteiger partial charge in [-0.3, -0.25) is 14.9 Å². The summed E-state index contributed by atoms with van der Waals surface area (Å²) in [5.74, 6) is -1.19. The molecule has 2 N–H and O–H groups in total. The maximum atomic E-state index is 13.2. The van der Waals surface area contributed by atoms with E-state index in [0.29, 0.717) is 6.54 Å². The number of piperidine rings is 1. The van der Waals surface area contributed by atoms with Gasteiger partial charge in [-0.05, 0) is 38.3 Å². The normalized spacial score (nSPS) is 22.1. The molecule has 1 aromatic rings. The fourth-order valence-corrected chi connectivity index (χ4v) is 2.86. The summed E-state index contributed by atoms with van der Waals surface area (Å²) in [5, 5.41) is 11.0. The van der Waals surface area contributed by atoms with E-state index in [2.05, 4.69) is 0 Å². The summed E-state index contributed by atoms with van der Waals surface area (Å²) in [5.41, 5.74) is 5.11. The van der Waals surface area contributed by atoms with Crippen molar-refractivity contribution in [3.8, 4) is 0 Å². The highest BCUT2D eigenvalue weighted by Crippen LogP contribution is 2.28. The van der Waals surface area contributed by atoms with E-state index in [1.54, 1.807) is 4.90 Å². The first-order valence-electron chi connectivity index (χ1n) is 6.92. The highest BCUT2D eigenvalue weighted by Gasteiger charge is 2.34. The van der Waals surface area contributed by atoms with Crippen molar-refractivity contribution in [3.63, 3.8) is 0 Å². The van der Waals surface area contributed by atoms with Crippen LogP contribution in [0.1, 0.15) is 36.5 Å². The fourth-order valence-electron chi connectivity index (χ4n) is 2.86. The number of halogens is 1. The zero-order valence-corrected chi connectivity index (χ0v) is 11.8. The highest BCUT2D eigenvalue weighted by atomic mass is 19.1. The third-order valence-electron chi connectivity index (χ3n) is 3.92. The topological polar surface area (TPSA) is 89.5 Å². The van der Waals surface area contributed by atoms with Crippen LogP contribution in [0, 0.1) is 15.9 Å². The van der Waals surface area contributed by atoms with Crippen molar-refractivity contribution in [2.75, 3.05) is 6.54 Å². The summed E-state index contributed by atoms with van der Waals surface area (Å²) in [7, 11) is 0. The Labute approximate surface area is 121 Å². The third kappa shape index (κ3) is 3.02. The quantitative estimate of drug-likeness (QED) is 0.683. The van der Waals surface area contributed by atoms with E-state index in [4.69, 9.17) is 5.73 Å². The molecule has 6 nitrogen and oxygen atoms in total. The van der Waals surface area contributed by atoms with Crippen LogP contribution in [0.2, 0.25) is 0 Å². The van der Waals surface area contributed by atoms with Crippen LogP contribution in [0.25, 0.3) is 0 Å². The summed E-state index contributed by atoms with van der Waals surface area (Å²) in [4.78, 5) is 24.6. The molecular formula is C14H18FN3O3. The predicted molar refractivity (Wildman–Crippen MR) is 75.4 cm³/mol. The predicted octanol–water partition coefficient (Wildman–Crippen LogP) is 2.08. The van der Waals surface area contributed by atoms with Crippen molar-refractivity contribution in [1.82, 2.24) is 4.90 Å². The molecule has 0 bridgehead atoms. The van der Waals surface area contributed by atoms with Gasteiger partial charge in [0.05, 0.1) is 11.0 Å². The summed E-state index contributed by atoms with van der Waals surface area (Å²) in [6, 6.07) is 2.84. The van der Waals surface area contributed by atoms with Crippen LogP contribution in [-0.4, -0.2) is 34.4 Å². The second-order valence-corrected chi connectivity index (χ2v) is 5.30. The number of nitro benzene ring substituents is 1. The first-order chi connectivity index (χ1) is 9.95. The Morgan fingerprint density at radius 2 is 2.24 bits per heavy atom. The van der Waals surface area contributed by atoms with Crippen LogP contribution < -0.4 is 5.73 Å². The number of nitro groups is 1. The van der Waals surface area contributed by atoms with Crippen LogP contribution in [0.15, 0.2) is 18.2 Å². The van der Waals surface area contributed by atoms with Crippen LogP contribution in [0.5, 0.6) is 0 Å². The van der Waals surface area contributed by atoms with Crippen molar-refractivity contribution >= 4 is 11.6 Å². The van der Waals surface area contributed by atoms with E-state index in [-0.39, 0.29) is 17.6 Å². The number of amides is 1. The Kier molecular flexibility index (Phi) is 4.52. The zero-order valence-electron chi connectivity index (χ0n) is 11.8. The Morgan fingerprint density at radius 3 is 2.86 bits per heavy atom. The first kappa shape index (κ1) is 15.4. The monoisotopic (exact) mass is 295 g/mol. The molecule has 1 heterocycles. The lowest BCUT2D eigenvalue weighted by atomic mass is 9.95. The zero-order chi connectivity index (χ0) is 15.6. The van der Waals surface area contributed by atoms with Gasteiger partial charge in [0.25, 0.3) is 11.6 Å². The van der Waals surface area contributed by atoms with Crippen molar-refractivity contribution in [1.29, 1.82) is 0 Å². The van der Waals surface area contributed by atoms with Crippen LogP contribution in [-0.2, 0) is 0 Å². The van der Waals surface area contributed by atoms with Gasteiger partial charge in [-0.25, -0.2) is 4.39 Å². The number of likely N-dealkylation sites (tertiary alicyclic amines) is 1. The smallest absolute Gasteiger partial charge is 0.285 e. The Bertz CT molecular complexity index is 564. The van der Waals surface area contributed by atoms with Gasteiger partial charge < -0.3 is 10.6 Å². The molecule has 0 aliphatic carbocycles. The lowest BCUT2D eigenvalue weighted by molar-refractivity contribution is -0.385. The molecule has 0 saturated carbocycles. The van der Waals surface area contributed by atoms with Crippen molar-refractivity contribution in [2.24, 2.45) is 5.73 Å². The van der Waals surface area contributed by atoms with E-state index < -0.39 is 22.3 Å². The Balaban J connectivity index is 2.40. The fraction of sp³-hybridized carbons (Fsp3) is 0.500. The highest BCUT2D eigenvalue weighted by molar-refractivity contribution is 5.98. The standard InChI is InChI=1S/C14H18FN3O3/c1-9-3-2-4-11(8-16)17(9)14(19)12-6-5-10(15)7-13(12)18(20)21/h5-7,9,11H,2-4,8,16H2,1H3. The van der Waals surface area contributed by atoms with Crippen molar-refractivity contribution in [3.05, 3.63) is 39.7 Å². The summed E-state index contributed by atoms with van der Waals surface area (Å²) >= 11 is 0. The number of nitrogens with two attached hydrogens (primary N) is 1. The van der Waals surface area contributed by atoms with Crippen LogP contribution in [0.3, 0.4) is 0 Å². The molecule has 1 amide bonds. The molecule has 21 heavy (non-hydrogen) atoms. The number of nitrogens with zero attached hydrogens (tertiary/aromatic N) is 2. The maximum Gasteiger partial charge on any atom is 0.285 e.